The Hall–Kier alpha value is -2.55. The van der Waals surface area contributed by atoms with Crippen molar-refractivity contribution in [3.05, 3.63) is 60.2 Å². The number of rotatable bonds is 18. The van der Waals surface area contributed by atoms with Gasteiger partial charge in [-0.05, 0) is 50.3 Å². The highest BCUT2D eigenvalue weighted by molar-refractivity contribution is 7.89. The van der Waals surface area contributed by atoms with E-state index in [0.717, 1.165) is 5.56 Å². The predicted octanol–water partition coefficient (Wildman–Crippen LogP) is 4.40. The monoisotopic (exact) mass is 698 g/mol. The lowest BCUT2D eigenvalue weighted by atomic mass is 10.0. The van der Waals surface area contributed by atoms with E-state index in [9.17, 15) is 22.9 Å². The third kappa shape index (κ3) is 10.5. The van der Waals surface area contributed by atoms with Crippen molar-refractivity contribution in [3.8, 4) is 5.75 Å². The minimum absolute atomic E-state index is 0.0602. The molecule has 0 aromatic heterocycles. The number of amides is 1. The van der Waals surface area contributed by atoms with Crippen molar-refractivity contribution in [3.63, 3.8) is 0 Å². The summed E-state index contributed by atoms with van der Waals surface area (Å²) in [5.41, 5.74) is 0.838. The first-order valence-electron chi connectivity index (χ1n) is 16.0. The zero-order valence-electron chi connectivity index (χ0n) is 27.4. The number of hydrogen-bond donors (Lipinski definition) is 2. The fraction of sp³-hybridized carbons (Fsp3) is 0.594. The van der Waals surface area contributed by atoms with Crippen molar-refractivity contribution < 1.29 is 50.9 Å². The Morgan fingerprint density at radius 2 is 1.79 bits per heavy atom. The molecule has 0 bridgehead atoms. The summed E-state index contributed by atoms with van der Waals surface area (Å²) in [5, 5.41) is 14.3. The van der Waals surface area contributed by atoms with E-state index in [-0.39, 0.29) is 61.8 Å². The van der Waals surface area contributed by atoms with Gasteiger partial charge in [0.2, 0.25) is 10.0 Å². The van der Waals surface area contributed by atoms with E-state index in [4.69, 9.17) is 28.0 Å². The molecule has 0 spiro atoms. The van der Waals surface area contributed by atoms with E-state index in [0.29, 0.717) is 13.0 Å². The lowest BCUT2D eigenvalue weighted by Gasteiger charge is -2.31. The van der Waals surface area contributed by atoms with Gasteiger partial charge in [-0.3, -0.25) is 4.57 Å². The van der Waals surface area contributed by atoms with Crippen LogP contribution in [-0.2, 0) is 44.3 Å². The second-order valence-corrected chi connectivity index (χ2v) is 15.8. The van der Waals surface area contributed by atoms with Crippen LogP contribution >= 0.6 is 7.60 Å². The van der Waals surface area contributed by atoms with Gasteiger partial charge in [-0.15, -0.1) is 0 Å². The molecular weight excluding hydrogens is 651 g/mol. The number of ether oxygens (including phenoxy) is 4. The van der Waals surface area contributed by atoms with Gasteiger partial charge in [-0.1, -0.05) is 50.2 Å². The van der Waals surface area contributed by atoms with Crippen LogP contribution in [0.25, 0.3) is 0 Å². The van der Waals surface area contributed by atoms with Crippen LogP contribution < -0.4 is 10.1 Å². The Morgan fingerprint density at radius 1 is 1.06 bits per heavy atom. The molecule has 0 aliphatic carbocycles. The van der Waals surface area contributed by atoms with Crippen molar-refractivity contribution in [2.75, 3.05) is 45.9 Å². The van der Waals surface area contributed by atoms with Crippen LogP contribution in [0.3, 0.4) is 0 Å². The van der Waals surface area contributed by atoms with Gasteiger partial charge in [0.25, 0.3) is 0 Å². The fourth-order valence-corrected chi connectivity index (χ4v) is 8.54. The van der Waals surface area contributed by atoms with Crippen LogP contribution in [0.5, 0.6) is 5.75 Å². The number of alkyl carbamates (subject to hydrolysis) is 1. The molecule has 0 unspecified atom stereocenters. The molecule has 0 saturated carbocycles. The molecular formula is C32H47N2O11PS. The number of hydrogen-bond acceptors (Lipinski definition) is 11. The quantitative estimate of drug-likeness (QED) is 0.213. The number of nitrogens with one attached hydrogen (secondary N) is 1. The minimum Gasteiger partial charge on any atom is -0.481 e. The normalized spacial score (nSPS) is 21.0. The standard InChI is InChI=1S/C32H47N2O11PS/c1-5-43-46(37,44-6-2)22-42-25-13-10-14-26(18-25)47(38,39)34(19-23(3)4)20-29(35)28(17-24-11-8-7-9-12-24)33-32(36)45-30-21-41-31-27(30)15-16-40-31/h7-14,18,23,27-31,35H,5-6,15-17,19-22H2,1-4H3,(H,33,36)/t27-,28-,29+,30-,31+/m0/s1. The van der Waals surface area contributed by atoms with Gasteiger partial charge in [0, 0.05) is 19.2 Å². The molecule has 262 valence electrons. The number of fused-ring (bicyclic) bond motifs is 1. The summed E-state index contributed by atoms with van der Waals surface area (Å²) >= 11 is 0. The maximum absolute atomic E-state index is 14.0. The van der Waals surface area contributed by atoms with Crippen molar-refractivity contribution in [1.82, 2.24) is 9.62 Å². The third-order valence-electron chi connectivity index (χ3n) is 7.75. The smallest absolute Gasteiger partial charge is 0.407 e. The van der Waals surface area contributed by atoms with Gasteiger partial charge in [0.05, 0.1) is 49.4 Å². The lowest BCUT2D eigenvalue weighted by molar-refractivity contribution is -0.0907. The second-order valence-electron chi connectivity index (χ2n) is 11.9. The number of aliphatic hydroxyl groups excluding tert-OH is 1. The molecule has 5 atom stereocenters. The summed E-state index contributed by atoms with van der Waals surface area (Å²) < 4.78 is 75.1. The molecule has 13 nitrogen and oxygen atoms in total. The Balaban J connectivity index is 1.51. The molecule has 0 radical (unpaired) electrons. The van der Waals surface area contributed by atoms with Crippen LogP contribution in [0, 0.1) is 11.8 Å². The summed E-state index contributed by atoms with van der Waals surface area (Å²) in [6.45, 7) is 7.96. The van der Waals surface area contributed by atoms with E-state index < -0.39 is 54.6 Å². The van der Waals surface area contributed by atoms with Crippen LogP contribution in [0.1, 0.15) is 39.7 Å². The maximum Gasteiger partial charge on any atom is 0.407 e. The first-order chi connectivity index (χ1) is 22.4. The highest BCUT2D eigenvalue weighted by Crippen LogP contribution is 2.48. The van der Waals surface area contributed by atoms with Gasteiger partial charge in [-0.2, -0.15) is 4.31 Å². The number of carbonyl (C=O) groups excluding carboxylic acids is 1. The molecule has 2 aliphatic heterocycles. The van der Waals surface area contributed by atoms with Crippen LogP contribution in [0.2, 0.25) is 0 Å². The van der Waals surface area contributed by atoms with Crippen molar-refractivity contribution in [2.24, 2.45) is 11.8 Å². The Labute approximate surface area is 277 Å². The predicted molar refractivity (Wildman–Crippen MR) is 174 cm³/mol. The van der Waals surface area contributed by atoms with Gasteiger partial charge >= 0.3 is 13.7 Å². The van der Waals surface area contributed by atoms with Gasteiger partial charge in [0.1, 0.15) is 11.9 Å². The molecule has 1 amide bonds. The fourth-order valence-electron chi connectivity index (χ4n) is 5.57. The Kier molecular flexibility index (Phi) is 13.6. The first-order valence-corrected chi connectivity index (χ1v) is 19.1. The minimum atomic E-state index is -4.16. The molecule has 2 aromatic carbocycles. The van der Waals surface area contributed by atoms with Crippen molar-refractivity contribution >= 4 is 23.7 Å². The molecule has 2 saturated heterocycles. The average Bonchev–Trinajstić information content (AvgIpc) is 3.65. The van der Waals surface area contributed by atoms with E-state index in [1.807, 2.05) is 44.2 Å². The Bertz CT molecular complexity index is 1440. The summed E-state index contributed by atoms with van der Waals surface area (Å²) in [4.78, 5) is 13.0. The summed E-state index contributed by atoms with van der Waals surface area (Å²) in [5.74, 6) is 0.0111. The molecule has 2 N–H and O–H groups in total. The number of carbonyl (C=O) groups is 1. The SMILES string of the molecule is CCOP(=O)(COc1cccc(S(=O)(=O)N(CC(C)C)C[C@@H](O)[C@H](Cc2ccccc2)NC(=O)O[C@H]2CO[C@H]3OCC[C@H]32)c1)OCC. The summed E-state index contributed by atoms with van der Waals surface area (Å²) in [6.07, 6.45) is -2.36. The highest BCUT2D eigenvalue weighted by atomic mass is 32.2. The summed E-state index contributed by atoms with van der Waals surface area (Å²) in [7, 11) is -7.70. The summed E-state index contributed by atoms with van der Waals surface area (Å²) in [6, 6.07) is 14.2. The highest BCUT2D eigenvalue weighted by Gasteiger charge is 2.44. The van der Waals surface area contributed by atoms with E-state index in [1.165, 1.54) is 22.5 Å². The molecule has 2 heterocycles. The average molecular weight is 699 g/mol. The van der Waals surface area contributed by atoms with E-state index >= 15 is 0 Å². The van der Waals surface area contributed by atoms with Gasteiger partial charge in [0.15, 0.2) is 12.6 Å². The number of benzene rings is 2. The molecule has 4 rings (SSSR count). The van der Waals surface area contributed by atoms with Gasteiger partial charge < -0.3 is 38.4 Å². The zero-order valence-corrected chi connectivity index (χ0v) is 29.1. The zero-order chi connectivity index (χ0) is 34.0. The van der Waals surface area contributed by atoms with Crippen molar-refractivity contribution in [2.45, 2.75) is 70.0 Å². The number of nitrogens with zero attached hydrogens (tertiary/aromatic N) is 1. The topological polar surface area (TPSA) is 159 Å². The lowest BCUT2D eigenvalue weighted by Crippen LogP contribution is -2.51. The molecule has 47 heavy (non-hydrogen) atoms. The number of aliphatic hydroxyl groups is 1. The van der Waals surface area contributed by atoms with Crippen LogP contribution in [0.15, 0.2) is 59.5 Å². The second kappa shape index (κ2) is 17.2. The van der Waals surface area contributed by atoms with Crippen LogP contribution in [0.4, 0.5) is 4.79 Å². The van der Waals surface area contributed by atoms with E-state index in [2.05, 4.69) is 5.32 Å². The molecule has 2 fully saturated rings. The van der Waals surface area contributed by atoms with E-state index in [1.54, 1.807) is 19.9 Å². The van der Waals surface area contributed by atoms with Crippen molar-refractivity contribution in [1.29, 1.82) is 0 Å². The van der Waals surface area contributed by atoms with Crippen LogP contribution in [-0.4, -0.2) is 94.3 Å². The largest absolute Gasteiger partial charge is 0.481 e. The van der Waals surface area contributed by atoms with Gasteiger partial charge in [-0.25, -0.2) is 13.2 Å². The Morgan fingerprint density at radius 3 is 2.47 bits per heavy atom. The third-order valence-corrected chi connectivity index (χ3v) is 11.3. The molecule has 2 aromatic rings. The first kappa shape index (κ1) is 37.3. The number of sulfonamides is 1. The molecule has 15 heteroatoms. The maximum atomic E-state index is 14.0. The molecule has 2 aliphatic rings.